The Morgan fingerprint density at radius 1 is 1.27 bits per heavy atom. The van der Waals surface area contributed by atoms with Crippen molar-refractivity contribution in [2.75, 3.05) is 0 Å². The molecule has 0 aromatic rings. The first-order valence-electron chi connectivity index (χ1n) is 5.63. The SMILES string of the molecule is CC(C)CC1=NC(=O)C(CC(C)C)N=C1. The van der Waals surface area contributed by atoms with Crippen molar-refractivity contribution in [1.82, 2.24) is 0 Å². The maximum atomic E-state index is 11.6. The molecular formula is C12H20N2O. The van der Waals surface area contributed by atoms with Crippen LogP contribution in [0.3, 0.4) is 0 Å². The number of carbonyl (C=O) groups is 1. The van der Waals surface area contributed by atoms with E-state index in [0.717, 1.165) is 18.6 Å². The second kappa shape index (κ2) is 5.19. The van der Waals surface area contributed by atoms with Crippen molar-refractivity contribution in [1.29, 1.82) is 0 Å². The molecule has 0 radical (unpaired) electrons. The van der Waals surface area contributed by atoms with Crippen molar-refractivity contribution in [2.24, 2.45) is 21.8 Å². The van der Waals surface area contributed by atoms with E-state index in [1.807, 2.05) is 0 Å². The van der Waals surface area contributed by atoms with Gasteiger partial charge in [-0.05, 0) is 24.7 Å². The lowest BCUT2D eigenvalue weighted by molar-refractivity contribution is -0.119. The van der Waals surface area contributed by atoms with E-state index in [-0.39, 0.29) is 11.9 Å². The van der Waals surface area contributed by atoms with Crippen LogP contribution in [0.5, 0.6) is 0 Å². The fourth-order valence-corrected chi connectivity index (χ4v) is 1.61. The minimum absolute atomic E-state index is 0.0677. The number of nitrogens with zero attached hydrogens (tertiary/aromatic N) is 2. The van der Waals surface area contributed by atoms with Crippen LogP contribution in [-0.4, -0.2) is 23.9 Å². The zero-order chi connectivity index (χ0) is 11.4. The van der Waals surface area contributed by atoms with Crippen LogP contribution >= 0.6 is 0 Å². The van der Waals surface area contributed by atoms with Crippen LogP contribution in [0.25, 0.3) is 0 Å². The van der Waals surface area contributed by atoms with Crippen molar-refractivity contribution in [3.05, 3.63) is 0 Å². The van der Waals surface area contributed by atoms with Gasteiger partial charge in [0.2, 0.25) is 0 Å². The van der Waals surface area contributed by atoms with Gasteiger partial charge >= 0.3 is 0 Å². The number of hydrogen-bond acceptors (Lipinski definition) is 2. The topological polar surface area (TPSA) is 41.8 Å². The maximum absolute atomic E-state index is 11.6. The highest BCUT2D eigenvalue weighted by molar-refractivity contribution is 6.34. The van der Waals surface area contributed by atoms with E-state index >= 15 is 0 Å². The number of hydrogen-bond donors (Lipinski definition) is 0. The highest BCUT2D eigenvalue weighted by Crippen LogP contribution is 2.13. The monoisotopic (exact) mass is 208 g/mol. The van der Waals surface area contributed by atoms with Gasteiger partial charge in [-0.1, -0.05) is 27.7 Å². The van der Waals surface area contributed by atoms with Gasteiger partial charge in [0, 0.05) is 6.21 Å². The van der Waals surface area contributed by atoms with E-state index in [9.17, 15) is 4.79 Å². The Balaban J connectivity index is 2.58. The van der Waals surface area contributed by atoms with Crippen molar-refractivity contribution >= 4 is 17.8 Å². The molecule has 0 aromatic carbocycles. The molecule has 0 aliphatic carbocycles. The Kier molecular flexibility index (Phi) is 4.18. The molecule has 0 N–H and O–H groups in total. The summed E-state index contributed by atoms with van der Waals surface area (Å²) < 4.78 is 0. The molecule has 0 spiro atoms. The third-order valence-electron chi connectivity index (χ3n) is 2.25. The smallest absolute Gasteiger partial charge is 0.270 e. The molecule has 0 bridgehead atoms. The number of carbonyl (C=O) groups excluding carboxylic acids is 1. The summed E-state index contributed by atoms with van der Waals surface area (Å²) >= 11 is 0. The molecule has 3 nitrogen and oxygen atoms in total. The molecule has 1 aliphatic heterocycles. The van der Waals surface area contributed by atoms with Crippen LogP contribution in [0, 0.1) is 11.8 Å². The first-order valence-corrected chi connectivity index (χ1v) is 5.63. The molecule has 0 fully saturated rings. The molecule has 1 heterocycles. The molecule has 84 valence electrons. The zero-order valence-corrected chi connectivity index (χ0v) is 10.0. The lowest BCUT2D eigenvalue weighted by Gasteiger charge is -2.16. The molecule has 0 aromatic heterocycles. The van der Waals surface area contributed by atoms with Gasteiger partial charge in [0.1, 0.15) is 6.04 Å². The Hall–Kier alpha value is -0.990. The van der Waals surface area contributed by atoms with E-state index in [1.54, 1.807) is 6.21 Å². The van der Waals surface area contributed by atoms with E-state index in [1.165, 1.54) is 0 Å². The van der Waals surface area contributed by atoms with Gasteiger partial charge < -0.3 is 0 Å². The average molecular weight is 208 g/mol. The van der Waals surface area contributed by atoms with Gasteiger partial charge in [0.15, 0.2) is 0 Å². The van der Waals surface area contributed by atoms with E-state index in [2.05, 4.69) is 37.7 Å². The zero-order valence-electron chi connectivity index (χ0n) is 10.0. The summed E-state index contributed by atoms with van der Waals surface area (Å²) in [5.41, 5.74) is 0.829. The van der Waals surface area contributed by atoms with Gasteiger partial charge in [0.25, 0.3) is 5.91 Å². The standard InChI is InChI=1S/C12H20N2O/c1-8(2)5-10-7-13-11(6-9(3)4)12(15)14-10/h7-9,11H,5-6H2,1-4H3. The molecule has 1 rings (SSSR count). The fraction of sp³-hybridized carbons (Fsp3) is 0.750. The summed E-state index contributed by atoms with van der Waals surface area (Å²) in [4.78, 5) is 20.0. The normalized spacial score (nSPS) is 21.3. The molecule has 1 atom stereocenters. The van der Waals surface area contributed by atoms with Crippen molar-refractivity contribution < 1.29 is 4.79 Å². The largest absolute Gasteiger partial charge is 0.278 e. The maximum Gasteiger partial charge on any atom is 0.270 e. The van der Waals surface area contributed by atoms with Crippen LogP contribution < -0.4 is 0 Å². The van der Waals surface area contributed by atoms with Crippen molar-refractivity contribution in [2.45, 2.75) is 46.6 Å². The van der Waals surface area contributed by atoms with Gasteiger partial charge in [0.05, 0.1) is 5.71 Å². The van der Waals surface area contributed by atoms with Crippen LogP contribution in [0.4, 0.5) is 0 Å². The van der Waals surface area contributed by atoms with Crippen LogP contribution in [0.15, 0.2) is 9.98 Å². The lowest BCUT2D eigenvalue weighted by atomic mass is 10.0. The van der Waals surface area contributed by atoms with E-state index in [0.29, 0.717) is 11.8 Å². The van der Waals surface area contributed by atoms with E-state index < -0.39 is 0 Å². The van der Waals surface area contributed by atoms with Crippen LogP contribution in [0.1, 0.15) is 40.5 Å². The molecular weight excluding hydrogens is 188 g/mol. The lowest BCUT2D eigenvalue weighted by Crippen LogP contribution is -2.26. The summed E-state index contributed by atoms with van der Waals surface area (Å²) in [5.74, 6) is 0.935. The van der Waals surface area contributed by atoms with Gasteiger partial charge in [-0.3, -0.25) is 9.79 Å². The summed E-state index contributed by atoms with van der Waals surface area (Å²) in [6.07, 6.45) is 3.41. The third-order valence-corrected chi connectivity index (χ3v) is 2.25. The Bertz CT molecular complexity index is 290. The number of rotatable bonds is 4. The summed E-state index contributed by atoms with van der Waals surface area (Å²) in [6, 6.07) is -0.235. The summed E-state index contributed by atoms with van der Waals surface area (Å²) in [5, 5.41) is 0. The molecule has 1 aliphatic rings. The molecule has 1 amide bonds. The van der Waals surface area contributed by atoms with Crippen LogP contribution in [-0.2, 0) is 4.79 Å². The molecule has 0 saturated carbocycles. The highest BCUT2D eigenvalue weighted by atomic mass is 16.1. The molecule has 0 saturated heterocycles. The quantitative estimate of drug-likeness (QED) is 0.700. The molecule has 3 heteroatoms. The third kappa shape index (κ3) is 3.94. The first-order chi connectivity index (χ1) is 6.99. The van der Waals surface area contributed by atoms with Gasteiger partial charge in [-0.25, -0.2) is 4.99 Å². The predicted octanol–water partition coefficient (Wildman–Crippen LogP) is 2.50. The van der Waals surface area contributed by atoms with Gasteiger partial charge in [-0.2, -0.15) is 0 Å². The Labute approximate surface area is 91.7 Å². The molecule has 15 heavy (non-hydrogen) atoms. The summed E-state index contributed by atoms with van der Waals surface area (Å²) in [6.45, 7) is 8.41. The minimum atomic E-state index is -0.235. The van der Waals surface area contributed by atoms with E-state index in [4.69, 9.17) is 0 Å². The van der Waals surface area contributed by atoms with Crippen molar-refractivity contribution in [3.63, 3.8) is 0 Å². The number of aliphatic imine (C=N–C) groups is 2. The predicted molar refractivity (Wildman–Crippen MR) is 63.6 cm³/mol. The first kappa shape index (κ1) is 12.1. The average Bonchev–Trinajstić information content (AvgIpc) is 2.08. The van der Waals surface area contributed by atoms with Crippen molar-refractivity contribution in [3.8, 4) is 0 Å². The van der Waals surface area contributed by atoms with Crippen LogP contribution in [0.2, 0.25) is 0 Å². The second-order valence-electron chi connectivity index (χ2n) is 4.96. The summed E-state index contributed by atoms with van der Waals surface area (Å²) in [7, 11) is 0. The second-order valence-corrected chi connectivity index (χ2v) is 4.96. The Morgan fingerprint density at radius 3 is 2.40 bits per heavy atom. The minimum Gasteiger partial charge on any atom is -0.278 e. The highest BCUT2D eigenvalue weighted by Gasteiger charge is 2.21. The number of amides is 1. The van der Waals surface area contributed by atoms with Gasteiger partial charge in [-0.15, -0.1) is 0 Å². The Morgan fingerprint density at radius 2 is 1.93 bits per heavy atom. The molecule has 1 unspecified atom stereocenters. The fourth-order valence-electron chi connectivity index (χ4n) is 1.61.